The lowest BCUT2D eigenvalue weighted by molar-refractivity contribution is 1.01. The van der Waals surface area contributed by atoms with E-state index in [0.717, 1.165) is 109 Å². The fourth-order valence-corrected chi connectivity index (χ4v) is 15.1. The number of benzene rings is 13. The van der Waals surface area contributed by atoms with E-state index in [1.807, 2.05) is 224 Å². The van der Waals surface area contributed by atoms with Crippen molar-refractivity contribution in [2.45, 2.75) is 0 Å². The summed E-state index contributed by atoms with van der Waals surface area (Å²) in [6, 6.07) is 109. The molecular formula is C89H49N13. The third kappa shape index (κ3) is 9.11. The van der Waals surface area contributed by atoms with E-state index in [1.54, 1.807) is 0 Å². The van der Waals surface area contributed by atoms with Gasteiger partial charge in [0.2, 0.25) is 0 Å². The SMILES string of the molecule is N#Cc1ccc2c(c1)c1ccccc1n2-c1c(-c2nc(-c3ccccc3)cc(-c3ccccc3)n2)c(-c2nc(-c3ccccc3)nc(-c3ccccc3)n2)c(-n2c3ccccc3c3cc(C#N)ccc32)c(-n2c3ccccc3c3cc(C#N)ccc32)c1-n1c2ccccc2c2cc(C#N)ccc21. The fraction of sp³-hybridized carbons (Fsp3) is 0. The molecule has 0 N–H and O–H groups in total. The second-order valence-electron chi connectivity index (χ2n) is 25.2. The number of nitrogens with zero attached hydrogens (tertiary/aromatic N) is 13. The van der Waals surface area contributed by atoms with Crippen LogP contribution in [0.25, 0.3) is 178 Å². The number of aromatic nitrogens is 9. The summed E-state index contributed by atoms with van der Waals surface area (Å²) in [4.78, 5) is 29.2. The molecule has 102 heavy (non-hydrogen) atoms. The van der Waals surface area contributed by atoms with Gasteiger partial charge in [-0.05, 0) is 103 Å². The van der Waals surface area contributed by atoms with E-state index >= 15 is 0 Å². The number of nitriles is 4. The molecule has 0 fully saturated rings. The number of fused-ring (bicyclic) bond motifs is 12. The smallest absolute Gasteiger partial charge is 0.167 e. The molecule has 0 aliphatic heterocycles. The van der Waals surface area contributed by atoms with E-state index < -0.39 is 0 Å². The van der Waals surface area contributed by atoms with Crippen LogP contribution in [-0.4, -0.2) is 43.2 Å². The van der Waals surface area contributed by atoms with Crippen molar-refractivity contribution in [3.8, 4) is 115 Å². The molecule has 0 saturated carbocycles. The van der Waals surface area contributed by atoms with Crippen LogP contribution in [0, 0.1) is 45.3 Å². The van der Waals surface area contributed by atoms with Crippen molar-refractivity contribution in [1.29, 1.82) is 21.0 Å². The van der Waals surface area contributed by atoms with Crippen molar-refractivity contribution in [2.24, 2.45) is 0 Å². The van der Waals surface area contributed by atoms with Crippen molar-refractivity contribution in [3.05, 3.63) is 320 Å². The molecule has 13 nitrogen and oxygen atoms in total. The first-order chi connectivity index (χ1) is 50.4. The van der Waals surface area contributed by atoms with E-state index in [4.69, 9.17) is 24.9 Å². The van der Waals surface area contributed by atoms with Gasteiger partial charge in [0.15, 0.2) is 23.3 Å². The highest BCUT2D eigenvalue weighted by Gasteiger charge is 2.38. The van der Waals surface area contributed by atoms with Crippen LogP contribution < -0.4 is 0 Å². The Bertz CT molecular complexity index is 6380. The van der Waals surface area contributed by atoms with Gasteiger partial charge in [-0.2, -0.15) is 21.0 Å². The molecular weight excluding hydrogens is 1250 g/mol. The van der Waals surface area contributed by atoms with Crippen molar-refractivity contribution in [1.82, 2.24) is 43.2 Å². The van der Waals surface area contributed by atoms with Gasteiger partial charge in [-0.25, -0.2) is 24.9 Å². The van der Waals surface area contributed by atoms with Gasteiger partial charge < -0.3 is 18.3 Å². The normalized spacial score (nSPS) is 11.5. The van der Waals surface area contributed by atoms with Crippen LogP contribution >= 0.6 is 0 Å². The Kier molecular flexibility index (Phi) is 13.4. The van der Waals surface area contributed by atoms with Crippen LogP contribution in [-0.2, 0) is 0 Å². The number of hydrogen-bond donors (Lipinski definition) is 0. The van der Waals surface area contributed by atoms with Gasteiger partial charge in [-0.1, -0.05) is 194 Å². The molecule has 0 radical (unpaired) electrons. The summed E-state index contributed by atoms with van der Waals surface area (Å²) in [6.07, 6.45) is 0. The largest absolute Gasteiger partial charge is 0.306 e. The zero-order valence-electron chi connectivity index (χ0n) is 54.1. The molecule has 6 heterocycles. The van der Waals surface area contributed by atoms with Crippen molar-refractivity contribution >= 4 is 87.2 Å². The molecule has 19 aromatic rings. The van der Waals surface area contributed by atoms with Gasteiger partial charge >= 0.3 is 0 Å². The lowest BCUT2D eigenvalue weighted by Crippen LogP contribution is -2.18. The van der Waals surface area contributed by atoms with E-state index in [1.165, 1.54) is 0 Å². The molecule has 0 aliphatic carbocycles. The number of para-hydroxylation sites is 4. The van der Waals surface area contributed by atoms with Crippen molar-refractivity contribution < 1.29 is 0 Å². The summed E-state index contributed by atoms with van der Waals surface area (Å²) in [6.45, 7) is 0. The number of hydrogen-bond acceptors (Lipinski definition) is 9. The molecule has 0 unspecified atom stereocenters. The third-order valence-corrected chi connectivity index (χ3v) is 19.5. The minimum absolute atomic E-state index is 0.261. The van der Waals surface area contributed by atoms with Crippen molar-refractivity contribution in [2.75, 3.05) is 0 Å². The molecule has 0 bridgehead atoms. The van der Waals surface area contributed by atoms with E-state index in [0.29, 0.717) is 85.0 Å². The first kappa shape index (κ1) is 58.5. The Labute approximate surface area is 582 Å². The fourth-order valence-electron chi connectivity index (χ4n) is 15.1. The van der Waals surface area contributed by atoms with Crippen molar-refractivity contribution in [3.63, 3.8) is 0 Å². The Morgan fingerprint density at radius 3 is 0.755 bits per heavy atom. The molecule has 0 aliphatic rings. The zero-order valence-corrected chi connectivity index (χ0v) is 54.1. The Hall–Kier alpha value is -14.9. The molecule has 13 heteroatoms. The molecule has 0 spiro atoms. The Balaban J connectivity index is 1.20. The van der Waals surface area contributed by atoms with E-state index in [9.17, 15) is 21.0 Å². The first-order valence-corrected chi connectivity index (χ1v) is 33.3. The summed E-state index contributed by atoms with van der Waals surface area (Å²) < 4.78 is 9.28. The predicted molar refractivity (Wildman–Crippen MR) is 404 cm³/mol. The highest BCUT2D eigenvalue weighted by molar-refractivity contribution is 6.19. The highest BCUT2D eigenvalue weighted by atomic mass is 15.2. The van der Waals surface area contributed by atoms with E-state index in [2.05, 4.69) is 115 Å². The second kappa shape index (κ2) is 23.4. The van der Waals surface area contributed by atoms with Crippen LogP contribution in [0.5, 0.6) is 0 Å². The molecule has 0 atom stereocenters. The minimum atomic E-state index is 0.261. The molecule has 13 aromatic carbocycles. The molecule has 470 valence electrons. The monoisotopic (exact) mass is 1300 g/mol. The van der Waals surface area contributed by atoms with Gasteiger partial charge in [-0.3, -0.25) is 0 Å². The van der Waals surface area contributed by atoms with Crippen LogP contribution in [0.3, 0.4) is 0 Å². The molecule has 0 amide bonds. The zero-order chi connectivity index (χ0) is 68.1. The Morgan fingerprint density at radius 1 is 0.206 bits per heavy atom. The number of rotatable bonds is 10. The molecule has 19 rings (SSSR count). The summed E-state index contributed by atoms with van der Waals surface area (Å²) in [5, 5.41) is 50.3. The van der Waals surface area contributed by atoms with E-state index in [-0.39, 0.29) is 5.82 Å². The summed E-state index contributed by atoms with van der Waals surface area (Å²) in [7, 11) is 0. The van der Waals surface area contributed by atoms with Gasteiger partial charge in [0.05, 0.1) is 136 Å². The van der Waals surface area contributed by atoms with Gasteiger partial charge in [0.1, 0.15) is 0 Å². The standard InChI is InChI=1S/C89H49N13/c90-50-54-37-41-76-66(45-54)62-29-13-17-33-72(62)99(76)82-80(88-94-70(58-21-5-1-6-22-58)49-71(95-88)59-23-7-2-8-24-59)81(89-97-86(60-25-9-3-10-26-60)96-87(98-89)61-27-11-4-12-28-61)83(100-73-34-18-14-30-63(73)67-46-55(51-91)38-42-77(67)100)85(102-75-36-20-16-32-65(75)69-48-57(53-93)40-44-79(69)102)84(82)101-74-35-19-15-31-64(74)68-47-56(52-92)39-43-78(68)101/h1-49H. The average Bonchev–Trinajstić information content (AvgIpc) is 1.43. The van der Waals surface area contributed by atoms with Gasteiger partial charge in [0, 0.05) is 65.3 Å². The molecule has 0 saturated heterocycles. The average molecular weight is 1300 g/mol. The third-order valence-electron chi connectivity index (χ3n) is 19.5. The first-order valence-electron chi connectivity index (χ1n) is 33.3. The van der Waals surface area contributed by atoms with Crippen LogP contribution in [0.15, 0.2) is 297 Å². The highest BCUT2D eigenvalue weighted by Crippen LogP contribution is 2.55. The maximum absolute atomic E-state index is 10.9. The lowest BCUT2D eigenvalue weighted by atomic mass is 9.94. The van der Waals surface area contributed by atoms with Gasteiger partial charge in [-0.15, -0.1) is 0 Å². The second-order valence-corrected chi connectivity index (χ2v) is 25.2. The van der Waals surface area contributed by atoms with Crippen LogP contribution in [0.1, 0.15) is 22.3 Å². The van der Waals surface area contributed by atoms with Crippen LogP contribution in [0.4, 0.5) is 0 Å². The molecule has 6 aromatic heterocycles. The minimum Gasteiger partial charge on any atom is -0.306 e. The quantitative estimate of drug-likeness (QED) is 0.129. The van der Waals surface area contributed by atoms with Gasteiger partial charge in [0.25, 0.3) is 0 Å². The maximum Gasteiger partial charge on any atom is 0.167 e. The van der Waals surface area contributed by atoms with Crippen LogP contribution in [0.2, 0.25) is 0 Å². The summed E-state index contributed by atoms with van der Waals surface area (Å²) in [5.41, 5.74) is 16.0. The summed E-state index contributed by atoms with van der Waals surface area (Å²) in [5.74, 6) is 1.35. The predicted octanol–water partition coefficient (Wildman–Crippen LogP) is 20.5. The summed E-state index contributed by atoms with van der Waals surface area (Å²) >= 11 is 0. The Morgan fingerprint density at radius 2 is 0.451 bits per heavy atom. The topological polar surface area (TPSA) is 179 Å². The maximum atomic E-state index is 10.9. The lowest BCUT2D eigenvalue weighted by Gasteiger charge is -2.30.